The Morgan fingerprint density at radius 2 is 2.12 bits per heavy atom. The Labute approximate surface area is 156 Å². The number of nitrogens with two attached hydrogens (primary N) is 2. The molecule has 0 aliphatic heterocycles. The van der Waals surface area contributed by atoms with E-state index in [4.69, 9.17) is 11.6 Å². The van der Waals surface area contributed by atoms with Gasteiger partial charge in [-0.1, -0.05) is 37.3 Å². The molecule has 8 nitrogen and oxygen atoms in total. The van der Waals surface area contributed by atoms with Crippen LogP contribution in [0.15, 0.2) is 54.4 Å². The first-order chi connectivity index (χ1) is 12.5. The topological polar surface area (TPSA) is 131 Å². The van der Waals surface area contributed by atoms with E-state index in [1.807, 2.05) is 37.3 Å². The van der Waals surface area contributed by atoms with Crippen LogP contribution < -0.4 is 16.9 Å². The normalized spacial score (nSPS) is 14.2. The van der Waals surface area contributed by atoms with E-state index in [2.05, 4.69) is 10.2 Å². The van der Waals surface area contributed by atoms with E-state index < -0.39 is 17.2 Å². The van der Waals surface area contributed by atoms with Crippen LogP contribution in [0.4, 0.5) is 0 Å². The van der Waals surface area contributed by atoms with E-state index in [1.165, 1.54) is 16.6 Å². The summed E-state index contributed by atoms with van der Waals surface area (Å²) in [6.45, 7) is 2.38. The van der Waals surface area contributed by atoms with Gasteiger partial charge in [0, 0.05) is 18.9 Å². The molecule has 144 valence electrons. The molecule has 1 amide bonds. The van der Waals surface area contributed by atoms with Gasteiger partial charge in [0.25, 0.3) is 17.2 Å². The lowest BCUT2D eigenvalue weighted by molar-refractivity contribution is -0.118. The fraction of sp³-hybridized carbons (Fsp3) is 0.353. The zero-order valence-corrected chi connectivity index (χ0v) is 15.5. The predicted molar refractivity (Wildman–Crippen MR) is 101 cm³/mol. The molecule has 0 aliphatic rings. The van der Waals surface area contributed by atoms with Crippen molar-refractivity contribution in [3.8, 4) is 0 Å². The number of nitrogens with one attached hydrogen (secondary N) is 1. The minimum absolute atomic E-state index is 0.130. The van der Waals surface area contributed by atoms with Crippen molar-refractivity contribution in [2.75, 3.05) is 13.2 Å². The third-order valence-electron chi connectivity index (χ3n) is 3.46. The van der Waals surface area contributed by atoms with Gasteiger partial charge in [0.05, 0.1) is 18.2 Å². The summed E-state index contributed by atoms with van der Waals surface area (Å²) in [5, 5.41) is 2.80. The Hall–Kier alpha value is -2.20. The molecule has 1 aromatic rings. The summed E-state index contributed by atoms with van der Waals surface area (Å²) in [5.41, 5.74) is 6.71. The lowest BCUT2D eigenvalue weighted by Gasteiger charge is -2.18. The van der Waals surface area contributed by atoms with Crippen molar-refractivity contribution in [1.29, 1.82) is 0 Å². The number of hydrogen-bond donors (Lipinski definition) is 4. The molecule has 0 heterocycles. The summed E-state index contributed by atoms with van der Waals surface area (Å²) in [7, 11) is 0. The highest BCUT2D eigenvalue weighted by molar-refractivity contribution is 7.76. The van der Waals surface area contributed by atoms with Crippen LogP contribution in [-0.2, 0) is 27.3 Å². The fourth-order valence-electron chi connectivity index (χ4n) is 2.23. The van der Waals surface area contributed by atoms with Gasteiger partial charge in [0.15, 0.2) is 0 Å². The van der Waals surface area contributed by atoms with Gasteiger partial charge in [-0.15, -0.1) is 0 Å². The summed E-state index contributed by atoms with van der Waals surface area (Å²) in [6.07, 6.45) is 5.11. The van der Waals surface area contributed by atoms with Crippen molar-refractivity contribution in [2.24, 2.45) is 11.6 Å². The predicted octanol–water partition coefficient (Wildman–Crippen LogP) is 0.809. The zero-order chi connectivity index (χ0) is 19.4. The molecule has 0 aromatic heterocycles. The van der Waals surface area contributed by atoms with E-state index in [1.54, 1.807) is 0 Å². The maximum absolute atomic E-state index is 12.4. The number of hydrogen-bond acceptors (Lipinski definition) is 5. The van der Waals surface area contributed by atoms with Crippen molar-refractivity contribution in [1.82, 2.24) is 9.62 Å². The van der Waals surface area contributed by atoms with Gasteiger partial charge >= 0.3 is 0 Å². The van der Waals surface area contributed by atoms with E-state index in [9.17, 15) is 13.6 Å². The van der Waals surface area contributed by atoms with E-state index in [0.29, 0.717) is 19.4 Å². The third kappa shape index (κ3) is 7.79. The van der Waals surface area contributed by atoms with Crippen LogP contribution >= 0.6 is 0 Å². The zero-order valence-electron chi connectivity index (χ0n) is 14.7. The van der Waals surface area contributed by atoms with Crippen LogP contribution in [0, 0.1) is 0 Å². The summed E-state index contributed by atoms with van der Waals surface area (Å²) in [5.74, 6) is 4.73. The number of carbonyl (C=O) groups excluding carboxylic acids is 1. The highest BCUT2D eigenvalue weighted by atomic mass is 32.2. The molecule has 1 aromatic carbocycles. The van der Waals surface area contributed by atoms with Crippen LogP contribution in [0.1, 0.15) is 18.9 Å². The Morgan fingerprint density at radius 3 is 2.65 bits per heavy atom. The third-order valence-corrected chi connectivity index (χ3v) is 4.17. The summed E-state index contributed by atoms with van der Waals surface area (Å²) in [4.78, 5) is 17.1. The second-order valence-corrected chi connectivity index (χ2v) is 6.43. The maximum Gasteiger partial charge on any atom is 0.261 e. The quantitative estimate of drug-likeness (QED) is 0.194. The van der Waals surface area contributed by atoms with Gasteiger partial charge in [-0.2, -0.15) is 0 Å². The van der Waals surface area contributed by atoms with Gasteiger partial charge in [-0.3, -0.25) is 13.7 Å². The summed E-state index contributed by atoms with van der Waals surface area (Å²) < 4.78 is 21.6. The molecule has 0 spiro atoms. The van der Waals surface area contributed by atoms with Crippen molar-refractivity contribution < 1.29 is 18.4 Å². The second kappa shape index (κ2) is 12.2. The number of amides is 1. The molecule has 0 radical (unpaired) electrons. The van der Waals surface area contributed by atoms with Crippen molar-refractivity contribution in [3.63, 3.8) is 0 Å². The maximum atomic E-state index is 12.4. The van der Waals surface area contributed by atoms with E-state index >= 15 is 0 Å². The highest BCUT2D eigenvalue weighted by Gasteiger charge is 2.16. The molecular formula is C17H26N4O4S. The molecule has 1 rings (SSSR count). The van der Waals surface area contributed by atoms with E-state index in [-0.39, 0.29) is 18.2 Å². The SMILES string of the molecule is CCCN(C=C/C(=C\N)C(=O)N[C@H](CON)Cc1ccccc1)S(=O)O. The monoisotopic (exact) mass is 382 g/mol. The fourth-order valence-corrected chi connectivity index (χ4v) is 2.73. The van der Waals surface area contributed by atoms with Crippen LogP contribution in [0.2, 0.25) is 0 Å². The number of benzene rings is 1. The van der Waals surface area contributed by atoms with E-state index in [0.717, 1.165) is 11.8 Å². The summed E-state index contributed by atoms with van der Waals surface area (Å²) >= 11 is -2.16. The van der Waals surface area contributed by atoms with Crippen LogP contribution in [0.25, 0.3) is 0 Å². The second-order valence-electron chi connectivity index (χ2n) is 5.50. The van der Waals surface area contributed by atoms with Crippen molar-refractivity contribution in [2.45, 2.75) is 25.8 Å². The lowest BCUT2D eigenvalue weighted by atomic mass is 10.1. The lowest BCUT2D eigenvalue weighted by Crippen LogP contribution is -2.41. The molecule has 0 aliphatic carbocycles. The molecule has 1 unspecified atom stereocenters. The minimum atomic E-state index is -2.16. The molecule has 0 bridgehead atoms. The average molecular weight is 382 g/mol. The highest BCUT2D eigenvalue weighted by Crippen LogP contribution is 2.06. The Balaban J connectivity index is 2.77. The first-order valence-corrected chi connectivity index (χ1v) is 9.22. The first kappa shape index (κ1) is 21.8. The van der Waals surface area contributed by atoms with Gasteiger partial charge < -0.3 is 15.9 Å². The largest absolute Gasteiger partial charge is 0.404 e. The molecule has 0 saturated carbocycles. The van der Waals surface area contributed by atoms with Gasteiger partial charge in [-0.05, 0) is 24.5 Å². The number of rotatable bonds is 11. The smallest absolute Gasteiger partial charge is 0.261 e. The molecular weight excluding hydrogens is 356 g/mol. The van der Waals surface area contributed by atoms with Crippen LogP contribution in [0.3, 0.4) is 0 Å². The van der Waals surface area contributed by atoms with Crippen LogP contribution in [0.5, 0.6) is 0 Å². The van der Waals surface area contributed by atoms with Gasteiger partial charge in [0.1, 0.15) is 0 Å². The Morgan fingerprint density at radius 1 is 1.42 bits per heavy atom. The molecule has 9 heteroatoms. The minimum Gasteiger partial charge on any atom is -0.404 e. The first-order valence-electron chi connectivity index (χ1n) is 8.16. The molecule has 0 saturated heterocycles. The van der Waals surface area contributed by atoms with Crippen molar-refractivity contribution >= 4 is 17.2 Å². The van der Waals surface area contributed by atoms with Gasteiger partial charge in [0.2, 0.25) is 0 Å². The molecule has 0 fully saturated rings. The number of carbonyl (C=O) groups is 1. The Bertz CT molecular complexity index is 637. The summed E-state index contributed by atoms with van der Waals surface area (Å²) in [6, 6.07) is 9.25. The Kier molecular flexibility index (Phi) is 10.3. The van der Waals surface area contributed by atoms with Gasteiger partial charge in [-0.25, -0.2) is 10.1 Å². The average Bonchev–Trinajstić information content (AvgIpc) is 2.62. The van der Waals surface area contributed by atoms with Crippen LogP contribution in [-0.4, -0.2) is 38.2 Å². The van der Waals surface area contributed by atoms with Crippen molar-refractivity contribution in [3.05, 3.63) is 59.9 Å². The number of nitrogens with zero attached hydrogens (tertiary/aromatic N) is 1. The molecule has 2 atom stereocenters. The standard InChI is InChI=1S/C17H26N4O4S/c1-2-9-21(26(23)24)10-8-15(12-18)17(22)20-16(13-25-19)11-14-6-4-3-5-7-14/h3-8,10,12,16H,2,9,11,13,18-19H2,1H3,(H,20,22)(H,23,24)/b10-8?,15-12+/t16-/m0/s1. The molecule has 26 heavy (non-hydrogen) atoms. The molecule has 6 N–H and O–H groups in total.